The molecule has 1 saturated heterocycles. The Bertz CT molecular complexity index is 578. The zero-order valence-electron chi connectivity index (χ0n) is 11.2. The molecule has 0 atom stereocenters. The normalized spacial score (nSPS) is 19.2. The molecule has 0 radical (unpaired) electrons. The first-order valence-electron chi connectivity index (χ1n) is 6.55. The molecule has 0 aliphatic carbocycles. The average Bonchev–Trinajstić information content (AvgIpc) is 2.41. The van der Waals surface area contributed by atoms with Crippen molar-refractivity contribution in [3.05, 3.63) is 34.4 Å². The monoisotopic (exact) mass is 293 g/mol. The van der Waals surface area contributed by atoms with E-state index in [9.17, 15) is 4.79 Å². The Labute approximate surface area is 122 Å². The number of fused-ring (bicyclic) bond motifs is 1. The summed E-state index contributed by atoms with van der Waals surface area (Å²) in [6.45, 7) is 4.39. The molecule has 2 heterocycles. The van der Waals surface area contributed by atoms with Crippen molar-refractivity contribution >= 4 is 23.6 Å². The molecule has 0 saturated carbocycles. The van der Waals surface area contributed by atoms with Crippen LogP contribution in [-0.2, 0) is 9.53 Å². The third-order valence-corrected chi connectivity index (χ3v) is 3.79. The van der Waals surface area contributed by atoms with Crippen molar-refractivity contribution in [2.24, 2.45) is 5.41 Å². The van der Waals surface area contributed by atoms with E-state index in [0.717, 1.165) is 11.3 Å². The fourth-order valence-corrected chi connectivity index (χ4v) is 2.42. The van der Waals surface area contributed by atoms with E-state index in [4.69, 9.17) is 21.1 Å². The molecule has 4 nitrogen and oxygen atoms in total. The molecule has 3 rings (SSSR count). The first-order chi connectivity index (χ1) is 9.56. The van der Waals surface area contributed by atoms with Gasteiger partial charge < -0.3 is 14.8 Å². The van der Waals surface area contributed by atoms with E-state index in [-0.39, 0.29) is 17.9 Å². The van der Waals surface area contributed by atoms with Crippen molar-refractivity contribution in [2.45, 2.75) is 6.92 Å². The lowest BCUT2D eigenvalue weighted by atomic mass is 9.88. The van der Waals surface area contributed by atoms with Gasteiger partial charge in [0, 0.05) is 22.5 Å². The second-order valence-corrected chi connectivity index (χ2v) is 6.06. The number of ether oxygens (including phenoxy) is 2. The molecule has 106 valence electrons. The van der Waals surface area contributed by atoms with Crippen LogP contribution in [0.4, 0.5) is 0 Å². The summed E-state index contributed by atoms with van der Waals surface area (Å²) >= 11 is 5.95. The highest BCUT2D eigenvalue weighted by atomic mass is 35.5. The van der Waals surface area contributed by atoms with Gasteiger partial charge in [0.25, 0.3) is 5.91 Å². The molecule has 1 fully saturated rings. The molecule has 0 bridgehead atoms. The van der Waals surface area contributed by atoms with Gasteiger partial charge in [0.05, 0.1) is 18.8 Å². The summed E-state index contributed by atoms with van der Waals surface area (Å²) in [4.78, 5) is 12.1. The summed E-state index contributed by atoms with van der Waals surface area (Å²) in [6.07, 6.45) is 1.83. The first kappa shape index (κ1) is 13.5. The third-order valence-electron chi connectivity index (χ3n) is 3.55. The van der Waals surface area contributed by atoms with E-state index < -0.39 is 0 Å². The Balaban J connectivity index is 1.69. The molecular weight excluding hydrogens is 278 g/mol. The van der Waals surface area contributed by atoms with Crippen molar-refractivity contribution in [2.75, 3.05) is 26.4 Å². The van der Waals surface area contributed by atoms with Gasteiger partial charge in [-0.15, -0.1) is 0 Å². The Morgan fingerprint density at radius 2 is 2.25 bits per heavy atom. The summed E-state index contributed by atoms with van der Waals surface area (Å²) in [5.74, 6) is 0.661. The molecule has 1 aromatic carbocycles. The van der Waals surface area contributed by atoms with Crippen molar-refractivity contribution in [1.82, 2.24) is 5.32 Å². The quantitative estimate of drug-likeness (QED) is 0.930. The number of hydrogen-bond acceptors (Lipinski definition) is 3. The Hall–Kier alpha value is -1.52. The lowest BCUT2D eigenvalue weighted by Gasteiger charge is -2.38. The summed E-state index contributed by atoms with van der Waals surface area (Å²) in [7, 11) is 0. The lowest BCUT2D eigenvalue weighted by molar-refractivity contribution is -0.123. The van der Waals surface area contributed by atoms with Crippen molar-refractivity contribution in [3.63, 3.8) is 0 Å². The highest BCUT2D eigenvalue weighted by Gasteiger charge is 2.33. The maximum Gasteiger partial charge on any atom is 0.250 e. The summed E-state index contributed by atoms with van der Waals surface area (Å²) in [5.41, 5.74) is 1.52. The maximum atomic E-state index is 12.1. The van der Waals surface area contributed by atoms with Gasteiger partial charge in [0.15, 0.2) is 0 Å². The summed E-state index contributed by atoms with van der Waals surface area (Å²) < 4.78 is 10.7. The van der Waals surface area contributed by atoms with Crippen LogP contribution in [0.2, 0.25) is 5.02 Å². The minimum absolute atomic E-state index is 0.0625. The number of amides is 1. The highest BCUT2D eigenvalue weighted by molar-refractivity contribution is 6.30. The number of halogens is 1. The fraction of sp³-hybridized carbons (Fsp3) is 0.400. The molecule has 0 spiro atoms. The number of carbonyl (C=O) groups excluding carboxylic acids is 1. The van der Waals surface area contributed by atoms with Crippen LogP contribution in [-0.4, -0.2) is 32.3 Å². The molecule has 5 heteroatoms. The van der Waals surface area contributed by atoms with Crippen LogP contribution in [0.25, 0.3) is 6.08 Å². The zero-order valence-corrected chi connectivity index (χ0v) is 12.0. The molecule has 1 amide bonds. The van der Waals surface area contributed by atoms with Crippen LogP contribution in [0.5, 0.6) is 5.75 Å². The molecular formula is C15H16ClNO3. The topological polar surface area (TPSA) is 47.6 Å². The zero-order chi connectivity index (χ0) is 14.2. The van der Waals surface area contributed by atoms with Crippen LogP contribution in [0.3, 0.4) is 0 Å². The second kappa shape index (κ2) is 5.11. The van der Waals surface area contributed by atoms with Gasteiger partial charge in [-0.25, -0.2) is 0 Å². The minimum atomic E-state index is -0.0937. The number of carbonyl (C=O) groups is 1. The third kappa shape index (κ3) is 2.67. The number of nitrogens with one attached hydrogen (secondary N) is 1. The summed E-state index contributed by atoms with van der Waals surface area (Å²) in [5, 5.41) is 3.57. The lowest BCUT2D eigenvalue weighted by Crippen LogP contribution is -2.49. The molecule has 0 aromatic heterocycles. The van der Waals surface area contributed by atoms with Crippen LogP contribution in [0, 0.1) is 5.41 Å². The van der Waals surface area contributed by atoms with E-state index in [1.54, 1.807) is 12.1 Å². The number of benzene rings is 1. The van der Waals surface area contributed by atoms with Crippen molar-refractivity contribution in [3.8, 4) is 5.75 Å². The van der Waals surface area contributed by atoms with Gasteiger partial charge in [0.1, 0.15) is 12.4 Å². The average molecular weight is 294 g/mol. The first-order valence-corrected chi connectivity index (χ1v) is 6.92. The van der Waals surface area contributed by atoms with E-state index >= 15 is 0 Å². The van der Waals surface area contributed by atoms with E-state index in [0.29, 0.717) is 30.4 Å². The van der Waals surface area contributed by atoms with Crippen LogP contribution >= 0.6 is 11.6 Å². The van der Waals surface area contributed by atoms with Crippen LogP contribution in [0.15, 0.2) is 23.8 Å². The van der Waals surface area contributed by atoms with E-state index in [1.807, 2.05) is 12.1 Å². The van der Waals surface area contributed by atoms with Gasteiger partial charge in [0.2, 0.25) is 0 Å². The Morgan fingerprint density at radius 3 is 2.95 bits per heavy atom. The summed E-state index contributed by atoms with van der Waals surface area (Å²) in [6, 6.07) is 5.39. The van der Waals surface area contributed by atoms with Crippen molar-refractivity contribution in [1.29, 1.82) is 0 Å². The smallest absolute Gasteiger partial charge is 0.250 e. The van der Waals surface area contributed by atoms with Gasteiger partial charge in [-0.2, -0.15) is 0 Å². The SMILES string of the molecule is CC1(CNC(=O)C2=Cc3cc(Cl)ccc3OC2)COC1. The predicted octanol–water partition coefficient (Wildman–Crippen LogP) is 2.27. The molecule has 1 aromatic rings. The molecule has 20 heavy (non-hydrogen) atoms. The van der Waals surface area contributed by atoms with Gasteiger partial charge in [-0.05, 0) is 24.3 Å². The molecule has 1 N–H and O–H groups in total. The largest absolute Gasteiger partial charge is 0.488 e. The van der Waals surface area contributed by atoms with E-state index in [2.05, 4.69) is 12.2 Å². The van der Waals surface area contributed by atoms with Crippen LogP contribution < -0.4 is 10.1 Å². The van der Waals surface area contributed by atoms with Gasteiger partial charge in [-0.1, -0.05) is 18.5 Å². The fourth-order valence-electron chi connectivity index (χ4n) is 2.24. The predicted molar refractivity (Wildman–Crippen MR) is 76.9 cm³/mol. The number of rotatable bonds is 3. The van der Waals surface area contributed by atoms with Gasteiger partial charge in [-0.3, -0.25) is 4.79 Å². The van der Waals surface area contributed by atoms with Crippen molar-refractivity contribution < 1.29 is 14.3 Å². The second-order valence-electron chi connectivity index (χ2n) is 5.63. The molecule has 2 aliphatic rings. The Morgan fingerprint density at radius 1 is 1.45 bits per heavy atom. The highest BCUT2D eigenvalue weighted by Crippen LogP contribution is 2.29. The maximum absolute atomic E-state index is 12.1. The molecule has 2 aliphatic heterocycles. The number of hydrogen-bond donors (Lipinski definition) is 1. The standard InChI is InChI=1S/C15H16ClNO3/c1-15(8-19-9-15)7-17-14(18)11-4-10-5-12(16)2-3-13(10)20-6-11/h2-5H,6-9H2,1H3,(H,17,18). The Kier molecular flexibility index (Phi) is 3.44. The van der Waals surface area contributed by atoms with E-state index in [1.165, 1.54) is 0 Å². The minimum Gasteiger partial charge on any atom is -0.488 e. The van der Waals surface area contributed by atoms with Gasteiger partial charge >= 0.3 is 0 Å². The molecule has 0 unspecified atom stereocenters. The van der Waals surface area contributed by atoms with Crippen LogP contribution in [0.1, 0.15) is 12.5 Å².